The standard InChI is InChI=1S/C16H19ClN2O3S/c1-13-15(17)5-2-6-16(13)23(20,21)19-9-7-18(8-10-19)12-14-4-3-11-22-14/h2-6,11H,7-10,12H2,1H3. The van der Waals surface area contributed by atoms with E-state index in [2.05, 4.69) is 4.90 Å². The van der Waals surface area contributed by atoms with Crippen LogP contribution in [0.5, 0.6) is 0 Å². The van der Waals surface area contributed by atoms with E-state index >= 15 is 0 Å². The normalized spacial score (nSPS) is 17.5. The zero-order valence-corrected chi connectivity index (χ0v) is 14.5. The molecule has 2 heterocycles. The predicted molar refractivity (Wildman–Crippen MR) is 88.9 cm³/mol. The summed E-state index contributed by atoms with van der Waals surface area (Å²) in [6, 6.07) is 8.79. The first kappa shape index (κ1) is 16.5. The van der Waals surface area contributed by atoms with Crippen LogP contribution < -0.4 is 0 Å². The second-order valence-corrected chi connectivity index (χ2v) is 7.94. The average Bonchev–Trinajstić information content (AvgIpc) is 3.03. The molecule has 1 fully saturated rings. The third-order valence-corrected chi connectivity index (χ3v) is 6.58. The van der Waals surface area contributed by atoms with E-state index in [0.29, 0.717) is 48.2 Å². The Balaban J connectivity index is 1.70. The molecule has 1 aromatic carbocycles. The Kier molecular flexibility index (Phi) is 4.77. The lowest BCUT2D eigenvalue weighted by Gasteiger charge is -2.33. The molecule has 0 bridgehead atoms. The van der Waals surface area contributed by atoms with E-state index in [9.17, 15) is 8.42 Å². The monoisotopic (exact) mass is 354 g/mol. The van der Waals surface area contributed by atoms with Gasteiger partial charge in [0.25, 0.3) is 0 Å². The summed E-state index contributed by atoms with van der Waals surface area (Å²) in [4.78, 5) is 2.49. The molecule has 0 saturated carbocycles. The molecule has 0 aliphatic carbocycles. The largest absolute Gasteiger partial charge is 0.468 e. The lowest BCUT2D eigenvalue weighted by Crippen LogP contribution is -2.48. The van der Waals surface area contributed by atoms with E-state index in [0.717, 1.165) is 5.76 Å². The number of furan rings is 1. The van der Waals surface area contributed by atoms with Crippen LogP contribution in [0.3, 0.4) is 0 Å². The molecule has 3 rings (SSSR count). The Morgan fingerprint density at radius 3 is 2.52 bits per heavy atom. The van der Waals surface area contributed by atoms with Crippen LogP contribution >= 0.6 is 11.6 Å². The van der Waals surface area contributed by atoms with Crippen LogP contribution in [-0.4, -0.2) is 43.8 Å². The number of nitrogens with zero attached hydrogens (tertiary/aromatic N) is 2. The Morgan fingerprint density at radius 1 is 1.13 bits per heavy atom. The topological polar surface area (TPSA) is 53.8 Å². The zero-order chi connectivity index (χ0) is 16.4. The van der Waals surface area contributed by atoms with Gasteiger partial charge in [-0.1, -0.05) is 17.7 Å². The molecule has 124 valence electrons. The van der Waals surface area contributed by atoms with E-state index in [1.165, 1.54) is 4.31 Å². The minimum absolute atomic E-state index is 0.296. The van der Waals surface area contributed by atoms with E-state index in [1.807, 2.05) is 12.1 Å². The fraction of sp³-hybridized carbons (Fsp3) is 0.375. The van der Waals surface area contributed by atoms with Gasteiger partial charge < -0.3 is 4.42 Å². The van der Waals surface area contributed by atoms with E-state index in [1.54, 1.807) is 31.4 Å². The molecule has 23 heavy (non-hydrogen) atoms. The Morgan fingerprint density at radius 2 is 1.87 bits per heavy atom. The predicted octanol–water partition coefficient (Wildman–Crippen LogP) is 2.75. The first-order valence-corrected chi connectivity index (χ1v) is 9.30. The first-order chi connectivity index (χ1) is 11.0. The molecule has 0 amide bonds. The highest BCUT2D eigenvalue weighted by molar-refractivity contribution is 7.89. The number of hydrogen-bond donors (Lipinski definition) is 0. The van der Waals surface area contributed by atoms with Gasteiger partial charge in [0.1, 0.15) is 5.76 Å². The molecular weight excluding hydrogens is 336 g/mol. The minimum Gasteiger partial charge on any atom is -0.468 e. The summed E-state index contributed by atoms with van der Waals surface area (Å²) in [5.74, 6) is 0.895. The molecule has 0 unspecified atom stereocenters. The number of sulfonamides is 1. The van der Waals surface area contributed by atoms with Crippen LogP contribution in [0.2, 0.25) is 5.02 Å². The molecule has 2 aromatic rings. The van der Waals surface area contributed by atoms with Crippen molar-refractivity contribution in [3.63, 3.8) is 0 Å². The van der Waals surface area contributed by atoms with Gasteiger partial charge in [0.2, 0.25) is 10.0 Å². The summed E-state index contributed by atoms with van der Waals surface area (Å²) in [7, 11) is -3.50. The molecule has 7 heteroatoms. The van der Waals surface area contributed by atoms with Crippen LogP contribution in [0.1, 0.15) is 11.3 Å². The Bertz CT molecular complexity index is 767. The number of piperazine rings is 1. The van der Waals surface area contributed by atoms with Crippen molar-refractivity contribution >= 4 is 21.6 Å². The highest BCUT2D eigenvalue weighted by Crippen LogP contribution is 2.26. The van der Waals surface area contributed by atoms with Crippen LogP contribution in [0, 0.1) is 6.92 Å². The Hall–Kier alpha value is -1.34. The highest BCUT2D eigenvalue weighted by Gasteiger charge is 2.30. The van der Waals surface area contributed by atoms with Crippen LogP contribution in [0.4, 0.5) is 0 Å². The lowest BCUT2D eigenvalue weighted by atomic mass is 10.2. The second-order valence-electron chi connectivity index (χ2n) is 5.62. The first-order valence-electron chi connectivity index (χ1n) is 7.48. The van der Waals surface area contributed by atoms with Gasteiger partial charge >= 0.3 is 0 Å². The van der Waals surface area contributed by atoms with Crippen molar-refractivity contribution in [2.45, 2.75) is 18.4 Å². The lowest BCUT2D eigenvalue weighted by molar-refractivity contribution is 0.171. The highest BCUT2D eigenvalue weighted by atomic mass is 35.5. The van der Waals surface area contributed by atoms with Gasteiger partial charge in [-0.05, 0) is 36.8 Å². The van der Waals surface area contributed by atoms with Gasteiger partial charge in [0, 0.05) is 31.2 Å². The average molecular weight is 355 g/mol. The number of hydrogen-bond acceptors (Lipinski definition) is 4. The molecule has 0 spiro atoms. The quantitative estimate of drug-likeness (QED) is 0.847. The maximum Gasteiger partial charge on any atom is 0.243 e. The van der Waals surface area contributed by atoms with Crippen molar-refractivity contribution in [1.82, 2.24) is 9.21 Å². The van der Waals surface area contributed by atoms with Gasteiger partial charge in [0.05, 0.1) is 17.7 Å². The summed E-state index contributed by atoms with van der Waals surface area (Å²) >= 11 is 6.06. The number of halogens is 1. The maximum absolute atomic E-state index is 12.8. The number of rotatable bonds is 4. The van der Waals surface area contributed by atoms with E-state index in [4.69, 9.17) is 16.0 Å². The minimum atomic E-state index is -3.50. The van der Waals surface area contributed by atoms with Gasteiger partial charge in [-0.3, -0.25) is 4.90 Å². The van der Waals surface area contributed by atoms with E-state index in [-0.39, 0.29) is 0 Å². The van der Waals surface area contributed by atoms with Gasteiger partial charge in [-0.25, -0.2) is 8.42 Å². The van der Waals surface area contributed by atoms with Crippen molar-refractivity contribution in [3.05, 3.63) is 52.9 Å². The molecule has 0 atom stereocenters. The molecule has 1 aliphatic rings. The maximum atomic E-state index is 12.8. The molecular formula is C16H19ClN2O3S. The summed E-state index contributed by atoms with van der Waals surface area (Å²) in [5, 5.41) is 0.475. The fourth-order valence-corrected chi connectivity index (χ4v) is 4.66. The van der Waals surface area contributed by atoms with Crippen molar-refractivity contribution in [2.24, 2.45) is 0 Å². The van der Waals surface area contributed by atoms with Crippen LogP contribution in [0.15, 0.2) is 45.9 Å². The molecule has 5 nitrogen and oxygen atoms in total. The van der Waals surface area contributed by atoms with Crippen molar-refractivity contribution in [2.75, 3.05) is 26.2 Å². The summed E-state index contributed by atoms with van der Waals surface area (Å²) in [6.07, 6.45) is 1.65. The summed E-state index contributed by atoms with van der Waals surface area (Å²) in [6.45, 7) is 4.74. The molecule has 1 aliphatic heterocycles. The van der Waals surface area contributed by atoms with Gasteiger partial charge in [-0.2, -0.15) is 4.31 Å². The SMILES string of the molecule is Cc1c(Cl)cccc1S(=O)(=O)N1CCN(Cc2ccco2)CC1. The molecule has 0 radical (unpaired) electrons. The number of benzene rings is 1. The van der Waals surface area contributed by atoms with Gasteiger partial charge in [0.15, 0.2) is 0 Å². The third kappa shape index (κ3) is 3.45. The third-order valence-electron chi connectivity index (χ3n) is 4.13. The zero-order valence-electron chi connectivity index (χ0n) is 12.9. The molecule has 0 N–H and O–H groups in total. The van der Waals surface area contributed by atoms with Crippen LogP contribution in [0.25, 0.3) is 0 Å². The van der Waals surface area contributed by atoms with Crippen molar-refractivity contribution in [3.8, 4) is 0 Å². The second kappa shape index (κ2) is 6.65. The van der Waals surface area contributed by atoms with Crippen molar-refractivity contribution < 1.29 is 12.8 Å². The molecule has 1 aromatic heterocycles. The van der Waals surface area contributed by atoms with Crippen molar-refractivity contribution in [1.29, 1.82) is 0 Å². The smallest absolute Gasteiger partial charge is 0.243 e. The summed E-state index contributed by atoms with van der Waals surface area (Å²) < 4.78 is 32.5. The van der Waals surface area contributed by atoms with E-state index < -0.39 is 10.0 Å². The Labute approximate surface area is 141 Å². The molecule has 1 saturated heterocycles. The van der Waals surface area contributed by atoms with Crippen LogP contribution in [-0.2, 0) is 16.6 Å². The fourth-order valence-electron chi connectivity index (χ4n) is 2.76. The summed E-state index contributed by atoms with van der Waals surface area (Å²) in [5.41, 5.74) is 0.604. The van der Waals surface area contributed by atoms with Gasteiger partial charge in [-0.15, -0.1) is 0 Å².